The minimum Gasteiger partial charge on any atom is -0.348 e. The van der Waals surface area contributed by atoms with Gasteiger partial charge >= 0.3 is 0 Å². The van der Waals surface area contributed by atoms with E-state index in [9.17, 15) is 9.59 Å². The summed E-state index contributed by atoms with van der Waals surface area (Å²) < 4.78 is 0. The highest BCUT2D eigenvalue weighted by atomic mass is 35.5. The molecule has 1 aliphatic heterocycles. The maximum atomic E-state index is 12.4. The molecule has 0 spiro atoms. The number of carbonyl (C=O) groups excluding carboxylic acids is 2. The van der Waals surface area contributed by atoms with Crippen LogP contribution in [0.1, 0.15) is 49.5 Å². The molecule has 5 nitrogen and oxygen atoms in total. The number of rotatable bonds is 5. The first-order valence-electron chi connectivity index (χ1n) is 8.76. The van der Waals surface area contributed by atoms with Gasteiger partial charge in [0.15, 0.2) is 0 Å². The average Bonchev–Trinajstić information content (AvgIpc) is 2.56. The van der Waals surface area contributed by atoms with E-state index in [1.807, 2.05) is 38.1 Å². The second kappa shape index (κ2) is 9.78. The smallest absolute Gasteiger partial charge is 0.251 e. The van der Waals surface area contributed by atoms with Crippen molar-refractivity contribution in [3.8, 4) is 0 Å². The fourth-order valence-electron chi connectivity index (χ4n) is 3.05. The van der Waals surface area contributed by atoms with Gasteiger partial charge in [0, 0.05) is 37.2 Å². The van der Waals surface area contributed by atoms with Crippen LogP contribution in [0.4, 0.5) is 0 Å². The molecular weight excluding hydrogens is 338 g/mol. The molecule has 0 radical (unpaired) electrons. The first-order valence-corrected chi connectivity index (χ1v) is 8.76. The second-order valence-electron chi connectivity index (χ2n) is 7.01. The Kier molecular flexibility index (Phi) is 8.39. The molecule has 2 atom stereocenters. The molecule has 2 amide bonds. The number of hydrogen-bond donors (Lipinski definition) is 2. The van der Waals surface area contributed by atoms with Crippen LogP contribution in [0.3, 0.4) is 0 Å². The minimum atomic E-state index is -0.0336. The van der Waals surface area contributed by atoms with Gasteiger partial charge in [-0.15, -0.1) is 12.4 Å². The zero-order valence-electron chi connectivity index (χ0n) is 15.5. The zero-order chi connectivity index (χ0) is 17.7. The lowest BCUT2D eigenvalue weighted by Crippen LogP contribution is -2.51. The molecule has 1 aromatic rings. The Morgan fingerprint density at radius 3 is 2.48 bits per heavy atom. The Balaban J connectivity index is 0.00000312. The number of benzene rings is 1. The standard InChI is InChI=1S/C19H29N3O2.ClH/c1-13(2)19(24)22(4)12-15-7-9-16(10-8-15)18(23)21-17-6-5-11-20-14(17)3;/h7-10,13-14,17,20H,5-6,11-12H2,1-4H3,(H,21,23);1H. The quantitative estimate of drug-likeness (QED) is 0.840. The van der Waals surface area contributed by atoms with Crippen LogP contribution in [0.5, 0.6) is 0 Å². The predicted octanol–water partition coefficient (Wildman–Crippen LogP) is 2.59. The predicted molar refractivity (Wildman–Crippen MR) is 103 cm³/mol. The fourth-order valence-corrected chi connectivity index (χ4v) is 3.05. The molecule has 2 N–H and O–H groups in total. The van der Waals surface area contributed by atoms with Gasteiger partial charge in [-0.3, -0.25) is 9.59 Å². The summed E-state index contributed by atoms with van der Waals surface area (Å²) in [7, 11) is 1.81. The van der Waals surface area contributed by atoms with Crippen LogP contribution >= 0.6 is 12.4 Å². The largest absolute Gasteiger partial charge is 0.348 e. The van der Waals surface area contributed by atoms with E-state index < -0.39 is 0 Å². The molecule has 1 heterocycles. The van der Waals surface area contributed by atoms with E-state index >= 15 is 0 Å². The SMILES string of the molecule is CC(C)C(=O)N(C)Cc1ccc(C(=O)NC2CCCNC2C)cc1.Cl. The second-order valence-corrected chi connectivity index (χ2v) is 7.01. The number of hydrogen-bond acceptors (Lipinski definition) is 3. The number of nitrogens with zero attached hydrogens (tertiary/aromatic N) is 1. The van der Waals surface area contributed by atoms with E-state index in [1.165, 1.54) is 0 Å². The fraction of sp³-hybridized carbons (Fsp3) is 0.579. The van der Waals surface area contributed by atoms with Gasteiger partial charge in [0.2, 0.25) is 5.91 Å². The maximum Gasteiger partial charge on any atom is 0.251 e. The van der Waals surface area contributed by atoms with Gasteiger partial charge in [-0.05, 0) is 44.0 Å². The lowest BCUT2D eigenvalue weighted by Gasteiger charge is -2.30. The molecule has 1 aromatic carbocycles. The molecule has 0 saturated carbocycles. The highest BCUT2D eigenvalue weighted by Crippen LogP contribution is 2.12. The van der Waals surface area contributed by atoms with E-state index in [-0.39, 0.29) is 36.2 Å². The van der Waals surface area contributed by atoms with E-state index in [2.05, 4.69) is 17.6 Å². The van der Waals surface area contributed by atoms with Crippen LogP contribution in [-0.2, 0) is 11.3 Å². The summed E-state index contributed by atoms with van der Waals surface area (Å²) in [6.45, 7) is 7.48. The van der Waals surface area contributed by atoms with Crippen LogP contribution in [-0.4, -0.2) is 42.4 Å². The summed E-state index contributed by atoms with van der Waals surface area (Å²) in [4.78, 5) is 26.0. The van der Waals surface area contributed by atoms with Crippen molar-refractivity contribution < 1.29 is 9.59 Å². The Labute approximate surface area is 157 Å². The number of piperidine rings is 1. The number of amides is 2. The summed E-state index contributed by atoms with van der Waals surface area (Å²) in [6.07, 6.45) is 2.10. The monoisotopic (exact) mass is 367 g/mol. The molecule has 25 heavy (non-hydrogen) atoms. The van der Waals surface area contributed by atoms with Crippen LogP contribution < -0.4 is 10.6 Å². The van der Waals surface area contributed by atoms with Crippen LogP contribution in [0.2, 0.25) is 0 Å². The van der Waals surface area contributed by atoms with E-state index in [0.717, 1.165) is 24.9 Å². The van der Waals surface area contributed by atoms with Crippen molar-refractivity contribution in [3.63, 3.8) is 0 Å². The normalized spacial score (nSPS) is 19.9. The van der Waals surface area contributed by atoms with Crippen molar-refractivity contribution in [1.82, 2.24) is 15.5 Å². The van der Waals surface area contributed by atoms with Gasteiger partial charge in [0.05, 0.1) is 0 Å². The van der Waals surface area contributed by atoms with Crippen LogP contribution in [0.15, 0.2) is 24.3 Å². The number of halogens is 1. The van der Waals surface area contributed by atoms with Crippen LogP contribution in [0, 0.1) is 5.92 Å². The molecule has 140 valence electrons. The first kappa shape index (κ1) is 21.5. The lowest BCUT2D eigenvalue weighted by molar-refractivity contribution is -0.133. The average molecular weight is 368 g/mol. The summed E-state index contributed by atoms with van der Waals surface area (Å²) in [5.74, 6) is 0.0791. The summed E-state index contributed by atoms with van der Waals surface area (Å²) in [5, 5.41) is 6.50. The third-order valence-corrected chi connectivity index (χ3v) is 4.58. The van der Waals surface area contributed by atoms with Gasteiger partial charge in [0.1, 0.15) is 0 Å². The van der Waals surface area contributed by atoms with Gasteiger partial charge in [-0.2, -0.15) is 0 Å². The molecule has 1 fully saturated rings. The van der Waals surface area contributed by atoms with E-state index in [1.54, 1.807) is 11.9 Å². The summed E-state index contributed by atoms with van der Waals surface area (Å²) in [5.41, 5.74) is 1.69. The van der Waals surface area contributed by atoms with Crippen molar-refractivity contribution in [1.29, 1.82) is 0 Å². The molecule has 2 unspecified atom stereocenters. The molecule has 6 heteroatoms. The zero-order valence-corrected chi connectivity index (χ0v) is 16.4. The van der Waals surface area contributed by atoms with Crippen molar-refractivity contribution >= 4 is 24.2 Å². The lowest BCUT2D eigenvalue weighted by atomic mass is 9.99. The third kappa shape index (κ3) is 6.01. The summed E-state index contributed by atoms with van der Waals surface area (Å²) >= 11 is 0. The molecule has 0 bridgehead atoms. The molecular formula is C19H30ClN3O2. The number of carbonyl (C=O) groups is 2. The summed E-state index contributed by atoms with van der Waals surface area (Å²) in [6, 6.07) is 7.99. The van der Waals surface area contributed by atoms with Gasteiger partial charge in [-0.25, -0.2) is 0 Å². The molecule has 1 aliphatic rings. The van der Waals surface area contributed by atoms with Crippen molar-refractivity contribution in [2.75, 3.05) is 13.6 Å². The van der Waals surface area contributed by atoms with Crippen molar-refractivity contribution in [2.45, 2.75) is 52.2 Å². The molecule has 2 rings (SSSR count). The molecule has 0 aromatic heterocycles. The highest BCUT2D eigenvalue weighted by Gasteiger charge is 2.22. The van der Waals surface area contributed by atoms with Crippen molar-refractivity contribution in [2.24, 2.45) is 5.92 Å². The Bertz CT molecular complexity index is 575. The van der Waals surface area contributed by atoms with Crippen molar-refractivity contribution in [3.05, 3.63) is 35.4 Å². The topological polar surface area (TPSA) is 61.4 Å². The number of nitrogens with one attached hydrogen (secondary N) is 2. The first-order chi connectivity index (χ1) is 11.4. The Morgan fingerprint density at radius 1 is 1.28 bits per heavy atom. The third-order valence-electron chi connectivity index (χ3n) is 4.58. The van der Waals surface area contributed by atoms with Crippen LogP contribution in [0.25, 0.3) is 0 Å². The Morgan fingerprint density at radius 2 is 1.92 bits per heavy atom. The Hall–Kier alpha value is -1.59. The molecule has 1 saturated heterocycles. The van der Waals surface area contributed by atoms with Gasteiger partial charge < -0.3 is 15.5 Å². The highest BCUT2D eigenvalue weighted by molar-refractivity contribution is 5.94. The van der Waals surface area contributed by atoms with E-state index in [4.69, 9.17) is 0 Å². The van der Waals surface area contributed by atoms with Gasteiger partial charge in [-0.1, -0.05) is 26.0 Å². The van der Waals surface area contributed by atoms with Gasteiger partial charge in [0.25, 0.3) is 5.91 Å². The maximum absolute atomic E-state index is 12.4. The molecule has 0 aliphatic carbocycles. The van der Waals surface area contributed by atoms with E-state index in [0.29, 0.717) is 18.2 Å². The minimum absolute atomic E-state index is 0.